The van der Waals surface area contributed by atoms with Crippen LogP contribution in [-0.2, 0) is 11.3 Å². The van der Waals surface area contributed by atoms with E-state index in [1.165, 1.54) is 18.5 Å². The van der Waals surface area contributed by atoms with E-state index in [1.807, 2.05) is 17.8 Å². The van der Waals surface area contributed by atoms with E-state index in [9.17, 15) is 4.79 Å². The topological polar surface area (TPSA) is 59.0 Å². The van der Waals surface area contributed by atoms with Crippen LogP contribution in [0.3, 0.4) is 0 Å². The number of carbonyl (C=O) groups excluding carboxylic acids is 1. The van der Waals surface area contributed by atoms with Crippen LogP contribution < -0.4 is 10.6 Å². The Bertz CT molecular complexity index is 401. The second-order valence-corrected chi connectivity index (χ2v) is 4.45. The number of aromatic nitrogens is 2. The van der Waals surface area contributed by atoms with Crippen LogP contribution in [-0.4, -0.2) is 29.3 Å². The molecule has 1 aromatic rings. The third-order valence-corrected chi connectivity index (χ3v) is 2.98. The number of carbonyl (C=O) groups is 1. The summed E-state index contributed by atoms with van der Waals surface area (Å²) in [6, 6.07) is 2.01. The fourth-order valence-corrected chi connectivity index (χ4v) is 1.90. The minimum atomic E-state index is 0. The number of rotatable bonds is 6. The van der Waals surface area contributed by atoms with Crippen LogP contribution in [0.15, 0.2) is 6.07 Å². The summed E-state index contributed by atoms with van der Waals surface area (Å²) in [4.78, 5) is 11.6. The number of hydrogen-bond acceptors (Lipinski definition) is 3. The van der Waals surface area contributed by atoms with Crippen LogP contribution in [0.1, 0.15) is 37.8 Å². The minimum absolute atomic E-state index is 0. The van der Waals surface area contributed by atoms with E-state index >= 15 is 0 Å². The van der Waals surface area contributed by atoms with Gasteiger partial charge in [-0.25, -0.2) is 0 Å². The van der Waals surface area contributed by atoms with Gasteiger partial charge in [-0.05, 0) is 26.8 Å². The van der Waals surface area contributed by atoms with Gasteiger partial charge in [0.1, 0.15) is 0 Å². The lowest BCUT2D eigenvalue weighted by Gasteiger charge is -2.01. The first-order valence-corrected chi connectivity index (χ1v) is 6.26. The summed E-state index contributed by atoms with van der Waals surface area (Å²) in [5, 5.41) is 10.2. The van der Waals surface area contributed by atoms with Crippen LogP contribution in [0.4, 0.5) is 5.82 Å². The van der Waals surface area contributed by atoms with Gasteiger partial charge in [-0.15, -0.1) is 12.4 Å². The highest BCUT2D eigenvalue weighted by Crippen LogP contribution is 2.40. The van der Waals surface area contributed by atoms with Gasteiger partial charge in [0.05, 0.1) is 0 Å². The minimum Gasteiger partial charge on any atom is -0.319 e. The molecule has 1 saturated carbocycles. The van der Waals surface area contributed by atoms with Crippen molar-refractivity contribution < 1.29 is 4.79 Å². The number of nitrogens with one attached hydrogen (secondary N) is 2. The molecular weight excluding hydrogens is 252 g/mol. The second kappa shape index (κ2) is 6.75. The Labute approximate surface area is 114 Å². The molecule has 6 heteroatoms. The van der Waals surface area contributed by atoms with Gasteiger partial charge in [-0.1, -0.05) is 0 Å². The lowest BCUT2D eigenvalue weighted by molar-refractivity contribution is -0.116. The van der Waals surface area contributed by atoms with E-state index in [2.05, 4.69) is 22.7 Å². The molecule has 1 heterocycles. The highest BCUT2D eigenvalue weighted by Gasteiger charge is 2.27. The van der Waals surface area contributed by atoms with Crippen molar-refractivity contribution in [1.82, 2.24) is 15.1 Å². The first kappa shape index (κ1) is 15.0. The van der Waals surface area contributed by atoms with Crippen LogP contribution in [0.5, 0.6) is 0 Å². The Balaban J connectivity index is 0.00000162. The molecule has 1 fully saturated rings. The molecule has 1 aliphatic carbocycles. The molecule has 0 saturated heterocycles. The van der Waals surface area contributed by atoms with Crippen molar-refractivity contribution in [2.75, 3.05) is 18.9 Å². The second-order valence-electron chi connectivity index (χ2n) is 4.45. The molecule has 2 N–H and O–H groups in total. The molecule has 2 rings (SSSR count). The summed E-state index contributed by atoms with van der Waals surface area (Å²) in [7, 11) is 1.84. The average molecular weight is 273 g/mol. The standard InChI is InChI=1S/C12H20N4O.ClH/c1-3-16-10(9-4-5-9)8-11(15-16)14-12(17)6-7-13-2;/h8-9,13H,3-7H2,1-2H3,(H,14,15,17);1H. The van der Waals surface area contributed by atoms with Crippen molar-refractivity contribution in [2.24, 2.45) is 0 Å². The van der Waals surface area contributed by atoms with E-state index in [1.54, 1.807) is 0 Å². The van der Waals surface area contributed by atoms with E-state index in [-0.39, 0.29) is 18.3 Å². The monoisotopic (exact) mass is 272 g/mol. The molecule has 0 atom stereocenters. The Morgan fingerprint density at radius 2 is 2.28 bits per heavy atom. The molecule has 18 heavy (non-hydrogen) atoms. The van der Waals surface area contributed by atoms with Crippen molar-refractivity contribution in [3.8, 4) is 0 Å². The molecule has 0 aliphatic heterocycles. The zero-order chi connectivity index (χ0) is 12.3. The number of amides is 1. The van der Waals surface area contributed by atoms with Gasteiger partial charge in [-0.3, -0.25) is 9.48 Å². The maximum atomic E-state index is 11.6. The van der Waals surface area contributed by atoms with Gasteiger partial charge in [0.15, 0.2) is 5.82 Å². The zero-order valence-electron chi connectivity index (χ0n) is 10.9. The predicted molar refractivity (Wildman–Crippen MR) is 74.3 cm³/mol. The van der Waals surface area contributed by atoms with Gasteiger partial charge in [-0.2, -0.15) is 5.10 Å². The summed E-state index contributed by atoms with van der Waals surface area (Å²) in [6.07, 6.45) is 2.98. The number of aryl methyl sites for hydroxylation is 1. The Morgan fingerprint density at radius 3 is 2.83 bits per heavy atom. The summed E-state index contributed by atoms with van der Waals surface area (Å²) >= 11 is 0. The van der Waals surface area contributed by atoms with E-state index < -0.39 is 0 Å². The normalized spacial score (nSPS) is 14.1. The summed E-state index contributed by atoms with van der Waals surface area (Å²) in [5.41, 5.74) is 1.26. The summed E-state index contributed by atoms with van der Waals surface area (Å²) in [5.74, 6) is 1.36. The molecular formula is C12H21ClN4O. The highest BCUT2D eigenvalue weighted by atomic mass is 35.5. The van der Waals surface area contributed by atoms with Crippen LogP contribution in [0.2, 0.25) is 0 Å². The largest absolute Gasteiger partial charge is 0.319 e. The molecule has 0 bridgehead atoms. The van der Waals surface area contributed by atoms with Crippen molar-refractivity contribution in [3.05, 3.63) is 11.8 Å². The van der Waals surface area contributed by atoms with E-state index in [4.69, 9.17) is 0 Å². The van der Waals surface area contributed by atoms with Crippen molar-refractivity contribution >= 4 is 24.1 Å². The molecule has 1 aromatic heterocycles. The molecule has 102 valence electrons. The third kappa shape index (κ3) is 3.71. The molecule has 5 nitrogen and oxygen atoms in total. The van der Waals surface area contributed by atoms with E-state index in [0.717, 1.165) is 6.54 Å². The maximum Gasteiger partial charge on any atom is 0.226 e. The molecule has 1 amide bonds. The van der Waals surface area contributed by atoms with Crippen molar-refractivity contribution in [1.29, 1.82) is 0 Å². The van der Waals surface area contributed by atoms with Crippen molar-refractivity contribution in [3.63, 3.8) is 0 Å². The average Bonchev–Trinajstić information content (AvgIpc) is 3.09. The van der Waals surface area contributed by atoms with E-state index in [0.29, 0.717) is 24.7 Å². The van der Waals surface area contributed by atoms with Gasteiger partial charge in [0, 0.05) is 37.2 Å². The van der Waals surface area contributed by atoms with Gasteiger partial charge in [0.2, 0.25) is 5.91 Å². The smallest absolute Gasteiger partial charge is 0.226 e. The molecule has 1 aliphatic rings. The van der Waals surface area contributed by atoms with Crippen molar-refractivity contribution in [2.45, 2.75) is 38.6 Å². The Kier molecular flexibility index (Phi) is 5.62. The van der Waals surface area contributed by atoms with Crippen LogP contribution in [0, 0.1) is 0 Å². The van der Waals surface area contributed by atoms with Crippen LogP contribution >= 0.6 is 12.4 Å². The summed E-state index contributed by atoms with van der Waals surface area (Å²) < 4.78 is 1.99. The summed E-state index contributed by atoms with van der Waals surface area (Å²) in [6.45, 7) is 3.62. The lowest BCUT2D eigenvalue weighted by Crippen LogP contribution is -2.19. The number of nitrogens with zero attached hydrogens (tertiary/aromatic N) is 2. The quantitative estimate of drug-likeness (QED) is 0.829. The van der Waals surface area contributed by atoms with Gasteiger partial charge in [0.25, 0.3) is 0 Å². The predicted octanol–water partition coefficient (Wildman–Crippen LogP) is 1.75. The first-order chi connectivity index (χ1) is 8.24. The number of anilines is 1. The Hall–Kier alpha value is -1.07. The Morgan fingerprint density at radius 1 is 1.56 bits per heavy atom. The zero-order valence-corrected chi connectivity index (χ0v) is 11.7. The number of halogens is 1. The fraction of sp³-hybridized carbons (Fsp3) is 0.667. The highest BCUT2D eigenvalue weighted by molar-refractivity contribution is 5.89. The molecule has 0 spiro atoms. The first-order valence-electron chi connectivity index (χ1n) is 6.26. The third-order valence-electron chi connectivity index (χ3n) is 2.98. The SMILES string of the molecule is CCn1nc(NC(=O)CCNC)cc1C1CC1.Cl. The number of hydrogen-bond donors (Lipinski definition) is 2. The molecule has 0 aromatic carbocycles. The fourth-order valence-electron chi connectivity index (χ4n) is 1.90. The molecule has 0 radical (unpaired) electrons. The molecule has 0 unspecified atom stereocenters. The van der Waals surface area contributed by atoms with Gasteiger partial charge >= 0.3 is 0 Å². The maximum absolute atomic E-state index is 11.6. The van der Waals surface area contributed by atoms with Crippen LogP contribution in [0.25, 0.3) is 0 Å². The van der Waals surface area contributed by atoms with Gasteiger partial charge < -0.3 is 10.6 Å². The lowest BCUT2D eigenvalue weighted by atomic mass is 10.3.